The molecule has 6 rings (SSSR count). The molecule has 0 bridgehead atoms. The van der Waals surface area contributed by atoms with E-state index in [-0.39, 0.29) is 18.4 Å². The molecule has 2 fully saturated rings. The molecule has 42 heavy (non-hydrogen) atoms. The number of aromatic nitrogens is 3. The maximum atomic E-state index is 13.5. The lowest BCUT2D eigenvalue weighted by Gasteiger charge is -2.35. The van der Waals surface area contributed by atoms with Crippen LogP contribution in [0, 0.1) is 11.7 Å². The Morgan fingerprint density at radius 2 is 1.71 bits per heavy atom. The summed E-state index contributed by atoms with van der Waals surface area (Å²) in [6.07, 6.45) is 5.32. The monoisotopic (exact) mass is 571 g/mol. The maximum absolute atomic E-state index is 13.5. The number of fused-ring (bicyclic) bond motifs is 1. The molecule has 0 radical (unpaired) electrons. The lowest BCUT2D eigenvalue weighted by Crippen LogP contribution is -2.46. The van der Waals surface area contributed by atoms with Gasteiger partial charge in [0.1, 0.15) is 17.3 Å². The van der Waals surface area contributed by atoms with Gasteiger partial charge in [-0.3, -0.25) is 4.79 Å². The first-order valence-electron chi connectivity index (χ1n) is 14.9. The SMILES string of the molecule is CCN1CCN(c2ccc(Nc3nc(NC4CCC(CO)CC4)c4c(C(=O)c5ccc(F)cc5)c[nH]c4n3)cc2)CC1. The summed E-state index contributed by atoms with van der Waals surface area (Å²) in [5.74, 6) is 0.700. The zero-order valence-corrected chi connectivity index (χ0v) is 23.9. The van der Waals surface area contributed by atoms with E-state index in [1.165, 1.54) is 30.0 Å². The van der Waals surface area contributed by atoms with Crippen molar-refractivity contribution in [3.05, 3.63) is 71.7 Å². The number of anilines is 4. The Morgan fingerprint density at radius 3 is 2.38 bits per heavy atom. The molecule has 1 aliphatic carbocycles. The summed E-state index contributed by atoms with van der Waals surface area (Å²) < 4.78 is 13.5. The molecule has 220 valence electrons. The van der Waals surface area contributed by atoms with Crippen LogP contribution >= 0.6 is 0 Å². The van der Waals surface area contributed by atoms with Gasteiger partial charge in [0.15, 0.2) is 5.78 Å². The Kier molecular flexibility index (Phi) is 8.34. The fraction of sp³-hybridized carbons (Fsp3) is 0.406. The van der Waals surface area contributed by atoms with Gasteiger partial charge in [-0.1, -0.05) is 6.92 Å². The number of benzene rings is 2. The van der Waals surface area contributed by atoms with Crippen molar-refractivity contribution in [3.8, 4) is 0 Å². The third-order valence-corrected chi connectivity index (χ3v) is 8.64. The lowest BCUT2D eigenvalue weighted by molar-refractivity contribution is 0.104. The number of carbonyl (C=O) groups is 1. The number of ketones is 1. The highest BCUT2D eigenvalue weighted by molar-refractivity contribution is 6.18. The zero-order chi connectivity index (χ0) is 29.1. The largest absolute Gasteiger partial charge is 0.396 e. The molecule has 0 unspecified atom stereocenters. The predicted molar refractivity (Wildman–Crippen MR) is 164 cm³/mol. The summed E-state index contributed by atoms with van der Waals surface area (Å²) in [5.41, 5.74) is 3.43. The molecule has 2 aliphatic rings. The molecule has 4 N–H and O–H groups in total. The summed E-state index contributed by atoms with van der Waals surface area (Å²) in [6, 6.07) is 14.0. The standard InChI is InChI=1S/C32H38FN7O2/c1-2-39-15-17-40(18-16-39)26-13-11-25(12-14-26)36-32-37-30-28(31(38-32)35-24-9-3-21(20-41)4-10-24)27(19-34-30)29(42)22-5-7-23(33)8-6-22/h5-8,11-14,19,21,24,41H,2-4,9-10,15-18,20H2,1H3,(H3,34,35,36,37,38). The normalized spacial score (nSPS) is 19.6. The topological polar surface area (TPSA) is 109 Å². The van der Waals surface area contributed by atoms with Crippen molar-refractivity contribution in [2.45, 2.75) is 38.6 Å². The number of aromatic amines is 1. The maximum Gasteiger partial charge on any atom is 0.231 e. The number of carbonyl (C=O) groups excluding carboxylic acids is 1. The molecule has 0 amide bonds. The summed E-state index contributed by atoms with van der Waals surface area (Å²) in [4.78, 5) is 31.0. The summed E-state index contributed by atoms with van der Waals surface area (Å²) in [7, 11) is 0. The molecular formula is C32H38FN7O2. The highest BCUT2D eigenvalue weighted by atomic mass is 19.1. The highest BCUT2D eigenvalue weighted by Gasteiger charge is 2.25. The molecule has 0 spiro atoms. The van der Waals surface area contributed by atoms with E-state index in [1.807, 2.05) is 12.1 Å². The predicted octanol–water partition coefficient (Wildman–Crippen LogP) is 5.18. The second-order valence-corrected chi connectivity index (χ2v) is 11.3. The molecule has 10 heteroatoms. The van der Waals surface area contributed by atoms with Crippen LogP contribution < -0.4 is 15.5 Å². The smallest absolute Gasteiger partial charge is 0.231 e. The average Bonchev–Trinajstić information content (AvgIpc) is 3.46. The molecule has 1 saturated heterocycles. The van der Waals surface area contributed by atoms with Crippen molar-refractivity contribution in [1.82, 2.24) is 19.9 Å². The fourth-order valence-corrected chi connectivity index (χ4v) is 6.02. The van der Waals surface area contributed by atoms with Gasteiger partial charge in [0.2, 0.25) is 5.95 Å². The number of aliphatic hydroxyl groups is 1. The Labute approximate surface area is 245 Å². The van der Waals surface area contributed by atoms with Gasteiger partial charge in [-0.15, -0.1) is 0 Å². The Bertz CT molecular complexity index is 1510. The molecule has 1 aliphatic heterocycles. The first kappa shape index (κ1) is 28.1. The number of halogens is 1. The van der Waals surface area contributed by atoms with Gasteiger partial charge in [-0.2, -0.15) is 9.97 Å². The van der Waals surface area contributed by atoms with Crippen LogP contribution in [-0.4, -0.2) is 76.1 Å². The van der Waals surface area contributed by atoms with Crippen LogP contribution in [0.3, 0.4) is 0 Å². The Hall–Kier alpha value is -4.02. The van der Waals surface area contributed by atoms with E-state index >= 15 is 0 Å². The van der Waals surface area contributed by atoms with Crippen molar-refractivity contribution < 1.29 is 14.3 Å². The van der Waals surface area contributed by atoms with Crippen molar-refractivity contribution in [1.29, 1.82) is 0 Å². The molecule has 2 aromatic heterocycles. The van der Waals surface area contributed by atoms with Crippen LogP contribution in [0.15, 0.2) is 54.7 Å². The number of piperazine rings is 1. The minimum absolute atomic E-state index is 0.162. The van der Waals surface area contributed by atoms with Gasteiger partial charge in [-0.05, 0) is 86.7 Å². The van der Waals surface area contributed by atoms with Crippen LogP contribution in [0.1, 0.15) is 48.5 Å². The van der Waals surface area contributed by atoms with Crippen LogP contribution in [0.2, 0.25) is 0 Å². The Morgan fingerprint density at radius 1 is 1.00 bits per heavy atom. The number of nitrogens with one attached hydrogen (secondary N) is 3. The molecule has 9 nitrogen and oxygen atoms in total. The second kappa shape index (κ2) is 12.5. The number of aliphatic hydroxyl groups excluding tert-OH is 1. The molecule has 2 aromatic carbocycles. The minimum atomic E-state index is -0.391. The molecule has 0 atom stereocenters. The van der Waals surface area contributed by atoms with Crippen LogP contribution in [0.25, 0.3) is 11.0 Å². The van der Waals surface area contributed by atoms with E-state index < -0.39 is 5.82 Å². The van der Waals surface area contributed by atoms with Gasteiger partial charge in [0.05, 0.1) is 10.9 Å². The van der Waals surface area contributed by atoms with E-state index in [0.29, 0.717) is 39.8 Å². The van der Waals surface area contributed by atoms with E-state index in [9.17, 15) is 14.3 Å². The molecule has 3 heterocycles. The quantitative estimate of drug-likeness (QED) is 0.204. The molecular weight excluding hydrogens is 533 g/mol. The van der Waals surface area contributed by atoms with Gasteiger partial charge < -0.3 is 30.5 Å². The summed E-state index contributed by atoms with van der Waals surface area (Å²) >= 11 is 0. The van der Waals surface area contributed by atoms with Gasteiger partial charge in [0.25, 0.3) is 0 Å². The van der Waals surface area contributed by atoms with E-state index in [0.717, 1.165) is 64.1 Å². The van der Waals surface area contributed by atoms with Crippen LogP contribution in [-0.2, 0) is 0 Å². The fourth-order valence-electron chi connectivity index (χ4n) is 6.02. The molecule has 4 aromatic rings. The molecule has 1 saturated carbocycles. The summed E-state index contributed by atoms with van der Waals surface area (Å²) in [6.45, 7) is 7.68. The van der Waals surface area contributed by atoms with Gasteiger partial charge in [-0.25, -0.2) is 4.39 Å². The van der Waals surface area contributed by atoms with Crippen LogP contribution in [0.4, 0.5) is 27.5 Å². The first-order chi connectivity index (χ1) is 20.5. The van der Waals surface area contributed by atoms with Crippen molar-refractivity contribution >= 4 is 40.0 Å². The first-order valence-corrected chi connectivity index (χ1v) is 14.9. The zero-order valence-electron chi connectivity index (χ0n) is 23.9. The number of rotatable bonds is 9. The number of likely N-dealkylation sites (N-methyl/N-ethyl adjacent to an activating group) is 1. The number of hydrogen-bond donors (Lipinski definition) is 4. The van der Waals surface area contributed by atoms with Crippen molar-refractivity contribution in [2.75, 3.05) is 54.9 Å². The van der Waals surface area contributed by atoms with E-state index in [2.05, 4.69) is 44.5 Å². The Balaban J connectivity index is 1.27. The third-order valence-electron chi connectivity index (χ3n) is 8.64. The third kappa shape index (κ3) is 6.10. The second-order valence-electron chi connectivity index (χ2n) is 11.3. The highest BCUT2D eigenvalue weighted by Crippen LogP contribution is 2.32. The van der Waals surface area contributed by atoms with Crippen LogP contribution in [0.5, 0.6) is 0 Å². The van der Waals surface area contributed by atoms with Gasteiger partial charge >= 0.3 is 0 Å². The van der Waals surface area contributed by atoms with Crippen molar-refractivity contribution in [3.63, 3.8) is 0 Å². The number of nitrogens with zero attached hydrogens (tertiary/aromatic N) is 4. The van der Waals surface area contributed by atoms with Crippen molar-refractivity contribution in [2.24, 2.45) is 5.92 Å². The average molecular weight is 572 g/mol. The van der Waals surface area contributed by atoms with E-state index in [4.69, 9.17) is 9.97 Å². The minimum Gasteiger partial charge on any atom is -0.396 e. The van der Waals surface area contributed by atoms with E-state index in [1.54, 1.807) is 6.20 Å². The van der Waals surface area contributed by atoms with Gasteiger partial charge in [0, 0.05) is 62.0 Å². The lowest BCUT2D eigenvalue weighted by atomic mass is 9.86. The number of H-pyrrole nitrogens is 1. The summed E-state index contributed by atoms with van der Waals surface area (Å²) in [5, 5.41) is 17.1. The number of hydrogen-bond acceptors (Lipinski definition) is 8.